The van der Waals surface area contributed by atoms with Gasteiger partial charge in [-0.1, -0.05) is 18.2 Å². The smallest absolute Gasteiger partial charge is 0.266 e. The van der Waals surface area contributed by atoms with E-state index in [2.05, 4.69) is 9.82 Å². The summed E-state index contributed by atoms with van der Waals surface area (Å²) in [5.74, 6) is 0. The van der Waals surface area contributed by atoms with Crippen molar-refractivity contribution in [1.29, 1.82) is 0 Å². The van der Waals surface area contributed by atoms with Crippen LogP contribution in [0.15, 0.2) is 50.8 Å². The van der Waals surface area contributed by atoms with Gasteiger partial charge in [0.25, 0.3) is 5.56 Å². The molecule has 0 bridgehead atoms. The number of sulfonamides is 1. The molecule has 0 spiro atoms. The van der Waals surface area contributed by atoms with Gasteiger partial charge in [-0.25, -0.2) is 17.8 Å². The number of nitrogens with one attached hydrogen (secondary N) is 1. The topological polar surface area (TPSA) is 81.1 Å². The minimum Gasteiger partial charge on any atom is -0.268 e. The van der Waals surface area contributed by atoms with Crippen molar-refractivity contribution in [1.82, 2.24) is 14.5 Å². The summed E-state index contributed by atoms with van der Waals surface area (Å²) in [6.07, 6.45) is 0. The maximum atomic E-state index is 12.5. The summed E-state index contributed by atoms with van der Waals surface area (Å²) in [7, 11) is -2.06. The van der Waals surface area contributed by atoms with Crippen LogP contribution in [0.4, 0.5) is 0 Å². The van der Waals surface area contributed by atoms with Crippen molar-refractivity contribution in [3.05, 3.63) is 68.8 Å². The molecule has 0 amide bonds. The molecule has 0 radical (unpaired) electrons. The Morgan fingerprint density at radius 2 is 1.88 bits per heavy atom. The van der Waals surface area contributed by atoms with Gasteiger partial charge in [0.15, 0.2) is 0 Å². The van der Waals surface area contributed by atoms with Crippen LogP contribution in [0.1, 0.15) is 16.7 Å². The van der Waals surface area contributed by atoms with E-state index in [9.17, 15) is 13.2 Å². The largest absolute Gasteiger partial charge is 0.268 e. The fraction of sp³-hybridized carbons (Fsp3) is 0.222. The first-order valence-corrected chi connectivity index (χ1v) is 10.3. The molecule has 0 atom stereocenters. The minimum atomic E-state index is -3.61. The summed E-state index contributed by atoms with van der Waals surface area (Å²) in [4.78, 5) is 11.4. The van der Waals surface area contributed by atoms with E-state index in [-0.39, 0.29) is 16.3 Å². The average molecular weight is 390 g/mol. The fourth-order valence-corrected chi connectivity index (χ4v) is 4.65. The van der Waals surface area contributed by atoms with E-state index in [0.717, 1.165) is 22.5 Å². The van der Waals surface area contributed by atoms with Crippen LogP contribution in [0.25, 0.3) is 11.3 Å². The van der Waals surface area contributed by atoms with Gasteiger partial charge in [-0.3, -0.25) is 4.79 Å². The Morgan fingerprint density at radius 1 is 1.12 bits per heavy atom. The normalized spacial score (nSPS) is 11.7. The number of thiophene rings is 1. The number of benzene rings is 1. The zero-order chi connectivity index (χ0) is 18.9. The molecule has 0 aliphatic heterocycles. The molecule has 3 rings (SSSR count). The third kappa shape index (κ3) is 3.92. The van der Waals surface area contributed by atoms with Gasteiger partial charge in [-0.15, -0.1) is 11.3 Å². The van der Waals surface area contributed by atoms with E-state index >= 15 is 0 Å². The molecule has 1 aromatic carbocycles. The molecule has 26 heavy (non-hydrogen) atoms. The second kappa shape index (κ2) is 7.14. The monoisotopic (exact) mass is 389 g/mol. The summed E-state index contributed by atoms with van der Waals surface area (Å²) in [5, 5.41) is 5.87. The summed E-state index contributed by atoms with van der Waals surface area (Å²) < 4.78 is 29.2. The highest BCUT2D eigenvalue weighted by Gasteiger charge is 2.17. The third-order valence-electron chi connectivity index (χ3n) is 4.13. The first-order valence-electron chi connectivity index (χ1n) is 7.95. The maximum absolute atomic E-state index is 12.5. The summed E-state index contributed by atoms with van der Waals surface area (Å²) in [6, 6.07) is 10.4. The van der Waals surface area contributed by atoms with Gasteiger partial charge in [0.1, 0.15) is 4.21 Å². The summed E-state index contributed by atoms with van der Waals surface area (Å²) in [6.45, 7) is 4.25. The molecule has 8 heteroatoms. The zero-order valence-corrected chi connectivity index (χ0v) is 16.3. The van der Waals surface area contributed by atoms with Gasteiger partial charge < -0.3 is 0 Å². The lowest BCUT2D eigenvalue weighted by atomic mass is 10.1. The van der Waals surface area contributed by atoms with Crippen molar-refractivity contribution < 1.29 is 8.42 Å². The Balaban J connectivity index is 1.79. The van der Waals surface area contributed by atoms with Crippen LogP contribution in [0.3, 0.4) is 0 Å². The van der Waals surface area contributed by atoms with Crippen LogP contribution >= 0.6 is 11.3 Å². The zero-order valence-electron chi connectivity index (χ0n) is 14.7. The van der Waals surface area contributed by atoms with E-state index in [1.807, 2.05) is 32.0 Å². The number of hydrogen-bond donors (Lipinski definition) is 1. The molecule has 0 saturated carbocycles. The Bertz CT molecular complexity index is 1110. The number of hydrogen-bond acceptors (Lipinski definition) is 5. The lowest BCUT2D eigenvalue weighted by Crippen LogP contribution is -2.22. The van der Waals surface area contributed by atoms with Gasteiger partial charge in [0.2, 0.25) is 10.0 Å². The van der Waals surface area contributed by atoms with Gasteiger partial charge in [-0.05, 0) is 42.7 Å². The second-order valence-electron chi connectivity index (χ2n) is 6.08. The predicted octanol–water partition coefficient (Wildman–Crippen LogP) is 2.60. The van der Waals surface area contributed by atoms with Crippen LogP contribution in [0.5, 0.6) is 0 Å². The molecule has 0 saturated heterocycles. The van der Waals surface area contributed by atoms with Crippen LogP contribution in [-0.4, -0.2) is 18.2 Å². The van der Waals surface area contributed by atoms with Crippen LogP contribution < -0.4 is 10.3 Å². The molecule has 0 unspecified atom stereocenters. The molecular weight excluding hydrogens is 370 g/mol. The van der Waals surface area contributed by atoms with E-state index in [1.54, 1.807) is 24.6 Å². The molecule has 1 N–H and O–H groups in total. The van der Waals surface area contributed by atoms with Gasteiger partial charge in [0, 0.05) is 30.6 Å². The Morgan fingerprint density at radius 3 is 2.58 bits per heavy atom. The standard InChI is InChI=1S/C18H19N3O3S2/c1-12-4-5-14(8-13(12)2)10-19-26(23,24)18-9-15(11-25-18)16-6-7-17(22)21(3)20-16/h4-9,11,19H,10H2,1-3H3. The van der Waals surface area contributed by atoms with Gasteiger partial charge in [0.05, 0.1) is 5.69 Å². The summed E-state index contributed by atoms with van der Waals surface area (Å²) in [5.41, 5.74) is 4.21. The Hall–Kier alpha value is -2.29. The van der Waals surface area contributed by atoms with Gasteiger partial charge in [-0.2, -0.15) is 5.10 Å². The molecule has 136 valence electrons. The van der Waals surface area contributed by atoms with Crippen molar-refractivity contribution in [3.63, 3.8) is 0 Å². The molecule has 6 nitrogen and oxygen atoms in total. The number of rotatable bonds is 5. The molecule has 0 aliphatic rings. The van der Waals surface area contributed by atoms with Crippen LogP contribution in [0, 0.1) is 13.8 Å². The first-order chi connectivity index (χ1) is 12.3. The molecule has 2 aromatic heterocycles. The summed E-state index contributed by atoms with van der Waals surface area (Å²) >= 11 is 1.12. The fourth-order valence-electron chi connectivity index (χ4n) is 2.41. The SMILES string of the molecule is Cc1ccc(CNS(=O)(=O)c2cc(-c3ccc(=O)n(C)n3)cs2)cc1C. The number of nitrogens with zero attached hydrogens (tertiary/aromatic N) is 2. The highest BCUT2D eigenvalue weighted by Crippen LogP contribution is 2.26. The number of aryl methyl sites for hydroxylation is 3. The molecule has 0 aliphatic carbocycles. The number of aromatic nitrogens is 2. The third-order valence-corrected chi connectivity index (χ3v) is 6.97. The highest BCUT2D eigenvalue weighted by atomic mass is 32.2. The molecule has 2 heterocycles. The lowest BCUT2D eigenvalue weighted by molar-refractivity contribution is 0.583. The van der Waals surface area contributed by atoms with E-state index < -0.39 is 10.0 Å². The Labute approximate surface area is 156 Å². The van der Waals surface area contributed by atoms with Crippen molar-refractivity contribution in [2.24, 2.45) is 7.05 Å². The highest BCUT2D eigenvalue weighted by molar-refractivity contribution is 7.91. The minimum absolute atomic E-state index is 0.215. The van der Waals surface area contributed by atoms with Crippen molar-refractivity contribution in [2.75, 3.05) is 0 Å². The maximum Gasteiger partial charge on any atom is 0.266 e. The van der Waals surface area contributed by atoms with Gasteiger partial charge >= 0.3 is 0 Å². The van der Waals surface area contributed by atoms with Crippen molar-refractivity contribution in [2.45, 2.75) is 24.6 Å². The van der Waals surface area contributed by atoms with E-state index in [1.165, 1.54) is 16.3 Å². The molecule has 3 aromatic rings. The van der Waals surface area contributed by atoms with Crippen LogP contribution in [0.2, 0.25) is 0 Å². The van der Waals surface area contributed by atoms with Crippen molar-refractivity contribution >= 4 is 21.4 Å². The molecule has 0 fully saturated rings. The van der Waals surface area contributed by atoms with Crippen LogP contribution in [-0.2, 0) is 23.6 Å². The lowest BCUT2D eigenvalue weighted by Gasteiger charge is -2.07. The first kappa shape index (κ1) is 18.5. The average Bonchev–Trinajstić information content (AvgIpc) is 3.09. The quantitative estimate of drug-likeness (QED) is 0.727. The van der Waals surface area contributed by atoms with E-state index in [0.29, 0.717) is 11.3 Å². The van der Waals surface area contributed by atoms with Crippen molar-refractivity contribution in [3.8, 4) is 11.3 Å². The Kier molecular flexibility index (Phi) is 5.08. The predicted molar refractivity (Wildman–Crippen MR) is 103 cm³/mol. The second-order valence-corrected chi connectivity index (χ2v) is 8.98. The van der Waals surface area contributed by atoms with E-state index in [4.69, 9.17) is 0 Å². The molecular formula is C18H19N3O3S2.